The molecule has 1 atom stereocenters. The van der Waals surface area contributed by atoms with Crippen molar-refractivity contribution in [2.45, 2.75) is 25.3 Å². The maximum Gasteiger partial charge on any atom is 0.315 e. The minimum atomic E-state index is -0.0399. The van der Waals surface area contributed by atoms with Gasteiger partial charge in [-0.05, 0) is 19.4 Å². The molecular formula is C13H26N4O2. The number of nitrogens with zero attached hydrogens (tertiary/aromatic N) is 1. The fourth-order valence-corrected chi connectivity index (χ4v) is 2.53. The summed E-state index contributed by atoms with van der Waals surface area (Å²) >= 11 is 0. The second-order valence-electron chi connectivity index (χ2n) is 5.25. The molecule has 0 aromatic carbocycles. The summed E-state index contributed by atoms with van der Waals surface area (Å²) in [5, 5.41) is 9.32. The zero-order valence-corrected chi connectivity index (χ0v) is 11.6. The summed E-state index contributed by atoms with van der Waals surface area (Å²) in [4.78, 5) is 14.1. The van der Waals surface area contributed by atoms with E-state index in [2.05, 4.69) is 20.9 Å². The van der Waals surface area contributed by atoms with Gasteiger partial charge < -0.3 is 20.7 Å². The van der Waals surface area contributed by atoms with Crippen LogP contribution in [0.3, 0.4) is 0 Å². The van der Waals surface area contributed by atoms with E-state index in [1.54, 1.807) is 0 Å². The molecule has 0 radical (unpaired) electrons. The molecule has 0 spiro atoms. The van der Waals surface area contributed by atoms with E-state index in [1.807, 2.05) is 0 Å². The third kappa shape index (κ3) is 5.76. The van der Waals surface area contributed by atoms with Crippen molar-refractivity contribution in [3.05, 3.63) is 0 Å². The second kappa shape index (κ2) is 8.35. The summed E-state index contributed by atoms with van der Waals surface area (Å²) < 4.78 is 5.29. The highest BCUT2D eigenvalue weighted by atomic mass is 16.5. The predicted molar refractivity (Wildman–Crippen MR) is 74.3 cm³/mol. The van der Waals surface area contributed by atoms with Crippen LogP contribution < -0.4 is 16.0 Å². The number of hydrogen-bond donors (Lipinski definition) is 3. The van der Waals surface area contributed by atoms with Gasteiger partial charge in [-0.25, -0.2) is 4.79 Å². The Morgan fingerprint density at radius 2 is 2.16 bits per heavy atom. The SMILES string of the molecule is O=C(NCCN1CCOCC1)NC1CCCCNC1. The van der Waals surface area contributed by atoms with Crippen LogP contribution in [0.5, 0.6) is 0 Å². The standard InChI is InChI=1S/C13H26N4O2/c18-13(16-12-3-1-2-4-14-11-12)15-5-6-17-7-9-19-10-8-17/h12,14H,1-11H2,(H2,15,16,18). The molecule has 1 unspecified atom stereocenters. The van der Waals surface area contributed by atoms with Gasteiger partial charge in [0.05, 0.1) is 13.2 Å². The van der Waals surface area contributed by atoms with Crippen LogP contribution in [-0.2, 0) is 4.74 Å². The van der Waals surface area contributed by atoms with Gasteiger partial charge in [0.2, 0.25) is 0 Å². The van der Waals surface area contributed by atoms with Crippen molar-refractivity contribution in [3.63, 3.8) is 0 Å². The predicted octanol–water partition coefficient (Wildman–Crippen LogP) is -0.240. The molecule has 0 saturated carbocycles. The fraction of sp³-hybridized carbons (Fsp3) is 0.923. The van der Waals surface area contributed by atoms with Crippen molar-refractivity contribution in [2.75, 3.05) is 52.5 Å². The second-order valence-corrected chi connectivity index (χ2v) is 5.25. The van der Waals surface area contributed by atoms with Crippen LogP contribution in [0, 0.1) is 0 Å². The van der Waals surface area contributed by atoms with Gasteiger partial charge in [0, 0.05) is 38.8 Å². The molecule has 2 aliphatic heterocycles. The van der Waals surface area contributed by atoms with Gasteiger partial charge in [-0.15, -0.1) is 0 Å². The van der Waals surface area contributed by atoms with E-state index in [1.165, 1.54) is 12.8 Å². The first-order valence-electron chi connectivity index (χ1n) is 7.40. The molecule has 0 aromatic rings. The Balaban J connectivity index is 1.55. The molecule has 0 aromatic heterocycles. The van der Waals surface area contributed by atoms with Crippen LogP contribution >= 0.6 is 0 Å². The zero-order valence-electron chi connectivity index (χ0n) is 11.6. The third-order valence-corrected chi connectivity index (χ3v) is 3.70. The molecule has 6 heteroatoms. The Morgan fingerprint density at radius 1 is 1.32 bits per heavy atom. The highest BCUT2D eigenvalue weighted by Crippen LogP contribution is 2.03. The number of rotatable bonds is 4. The largest absolute Gasteiger partial charge is 0.379 e. The Kier molecular flexibility index (Phi) is 6.39. The molecular weight excluding hydrogens is 244 g/mol. The van der Waals surface area contributed by atoms with Gasteiger partial charge in [-0.3, -0.25) is 4.90 Å². The summed E-state index contributed by atoms with van der Waals surface area (Å²) in [6.07, 6.45) is 3.46. The lowest BCUT2D eigenvalue weighted by molar-refractivity contribution is 0.0387. The fourth-order valence-electron chi connectivity index (χ4n) is 2.53. The van der Waals surface area contributed by atoms with Gasteiger partial charge in [0.15, 0.2) is 0 Å². The van der Waals surface area contributed by atoms with Gasteiger partial charge in [0.1, 0.15) is 0 Å². The molecule has 3 N–H and O–H groups in total. The van der Waals surface area contributed by atoms with Gasteiger partial charge in [-0.1, -0.05) is 6.42 Å². The molecule has 2 amide bonds. The highest BCUT2D eigenvalue weighted by Gasteiger charge is 2.14. The molecule has 2 aliphatic rings. The van der Waals surface area contributed by atoms with Gasteiger partial charge in [-0.2, -0.15) is 0 Å². The van der Waals surface area contributed by atoms with Gasteiger partial charge >= 0.3 is 6.03 Å². The van der Waals surface area contributed by atoms with E-state index in [4.69, 9.17) is 4.74 Å². The highest BCUT2D eigenvalue weighted by molar-refractivity contribution is 5.74. The first-order chi connectivity index (χ1) is 9.34. The normalized spacial score (nSPS) is 25.6. The van der Waals surface area contributed by atoms with Crippen LogP contribution in [0.1, 0.15) is 19.3 Å². The number of morpholine rings is 1. The van der Waals surface area contributed by atoms with Crippen molar-refractivity contribution in [1.29, 1.82) is 0 Å². The van der Waals surface area contributed by atoms with Crippen molar-refractivity contribution >= 4 is 6.03 Å². The summed E-state index contributed by atoms with van der Waals surface area (Å²) in [6.45, 7) is 7.10. The van der Waals surface area contributed by atoms with Crippen LogP contribution in [0.25, 0.3) is 0 Å². The molecule has 2 heterocycles. The van der Waals surface area contributed by atoms with Crippen LogP contribution in [0.4, 0.5) is 4.79 Å². The summed E-state index contributed by atoms with van der Waals surface area (Å²) in [5.41, 5.74) is 0. The van der Waals surface area contributed by atoms with Gasteiger partial charge in [0.25, 0.3) is 0 Å². The van der Waals surface area contributed by atoms with E-state index in [0.717, 1.165) is 52.4 Å². The minimum Gasteiger partial charge on any atom is -0.379 e. The number of carbonyl (C=O) groups is 1. The van der Waals surface area contributed by atoms with E-state index in [0.29, 0.717) is 6.54 Å². The number of nitrogens with one attached hydrogen (secondary N) is 3. The summed E-state index contributed by atoms with van der Waals surface area (Å²) in [5.74, 6) is 0. The smallest absolute Gasteiger partial charge is 0.315 e. The van der Waals surface area contributed by atoms with Crippen LogP contribution in [0.15, 0.2) is 0 Å². The third-order valence-electron chi connectivity index (χ3n) is 3.70. The molecule has 110 valence electrons. The Labute approximate surface area is 115 Å². The van der Waals surface area contributed by atoms with Crippen LogP contribution in [-0.4, -0.2) is 69.5 Å². The number of amides is 2. The number of ether oxygens (including phenoxy) is 1. The average Bonchev–Trinajstić information content (AvgIpc) is 2.68. The molecule has 2 saturated heterocycles. The Hall–Kier alpha value is -0.850. The summed E-state index contributed by atoms with van der Waals surface area (Å²) in [7, 11) is 0. The average molecular weight is 270 g/mol. The van der Waals surface area contributed by atoms with E-state index >= 15 is 0 Å². The maximum absolute atomic E-state index is 11.8. The Morgan fingerprint density at radius 3 is 3.00 bits per heavy atom. The first-order valence-corrected chi connectivity index (χ1v) is 7.40. The minimum absolute atomic E-state index is 0.0399. The van der Waals surface area contributed by atoms with Crippen molar-refractivity contribution < 1.29 is 9.53 Å². The first kappa shape index (κ1) is 14.6. The zero-order chi connectivity index (χ0) is 13.3. The van der Waals surface area contributed by atoms with Crippen molar-refractivity contribution in [2.24, 2.45) is 0 Å². The number of urea groups is 1. The monoisotopic (exact) mass is 270 g/mol. The van der Waals surface area contributed by atoms with Crippen LogP contribution in [0.2, 0.25) is 0 Å². The molecule has 2 rings (SSSR count). The lowest BCUT2D eigenvalue weighted by Gasteiger charge is -2.26. The topological polar surface area (TPSA) is 65.6 Å². The van der Waals surface area contributed by atoms with Crippen molar-refractivity contribution in [1.82, 2.24) is 20.9 Å². The quantitative estimate of drug-likeness (QED) is 0.660. The molecule has 19 heavy (non-hydrogen) atoms. The number of hydrogen-bond acceptors (Lipinski definition) is 4. The molecule has 6 nitrogen and oxygen atoms in total. The molecule has 0 bridgehead atoms. The van der Waals surface area contributed by atoms with E-state index in [9.17, 15) is 4.79 Å². The Bertz CT molecular complexity index is 261. The summed E-state index contributed by atoms with van der Waals surface area (Å²) in [6, 6.07) is 0.229. The van der Waals surface area contributed by atoms with E-state index < -0.39 is 0 Å². The number of carbonyl (C=O) groups excluding carboxylic acids is 1. The van der Waals surface area contributed by atoms with Crippen molar-refractivity contribution in [3.8, 4) is 0 Å². The molecule has 2 fully saturated rings. The lowest BCUT2D eigenvalue weighted by atomic mass is 10.1. The van der Waals surface area contributed by atoms with E-state index in [-0.39, 0.29) is 12.1 Å². The maximum atomic E-state index is 11.8. The molecule has 0 aliphatic carbocycles. The lowest BCUT2D eigenvalue weighted by Crippen LogP contribution is -2.48.